The first kappa shape index (κ1) is 15.2. The standard InChI is InChI=1S/C15H22N2O2/c1-12(2)15(19)16-9-10-17(13(3)18)11-14-7-5-4-6-8-14/h4-8,12H,9-11H2,1-3H3,(H,16,19). The lowest BCUT2D eigenvalue weighted by molar-refractivity contribution is -0.130. The maximum Gasteiger partial charge on any atom is 0.222 e. The molecule has 1 rings (SSSR count). The zero-order valence-electron chi connectivity index (χ0n) is 11.8. The number of hydrogen-bond acceptors (Lipinski definition) is 2. The molecule has 0 aliphatic carbocycles. The molecule has 0 radical (unpaired) electrons. The van der Waals surface area contributed by atoms with E-state index in [1.165, 1.54) is 0 Å². The van der Waals surface area contributed by atoms with E-state index in [1.54, 1.807) is 11.8 Å². The third-order valence-corrected chi connectivity index (χ3v) is 2.87. The van der Waals surface area contributed by atoms with Gasteiger partial charge in [0.05, 0.1) is 0 Å². The fraction of sp³-hybridized carbons (Fsp3) is 0.467. The molecule has 0 spiro atoms. The molecule has 0 saturated heterocycles. The number of nitrogens with zero attached hydrogens (tertiary/aromatic N) is 1. The molecule has 0 atom stereocenters. The predicted molar refractivity (Wildman–Crippen MR) is 75.4 cm³/mol. The molecule has 0 heterocycles. The van der Waals surface area contributed by atoms with E-state index in [0.29, 0.717) is 19.6 Å². The number of hydrogen-bond donors (Lipinski definition) is 1. The molecule has 0 fully saturated rings. The molecule has 19 heavy (non-hydrogen) atoms. The minimum Gasteiger partial charge on any atom is -0.354 e. The van der Waals surface area contributed by atoms with Gasteiger partial charge in [-0.05, 0) is 5.56 Å². The van der Waals surface area contributed by atoms with Crippen molar-refractivity contribution < 1.29 is 9.59 Å². The van der Waals surface area contributed by atoms with Crippen LogP contribution < -0.4 is 5.32 Å². The zero-order chi connectivity index (χ0) is 14.3. The van der Waals surface area contributed by atoms with Crippen LogP contribution in [0.3, 0.4) is 0 Å². The van der Waals surface area contributed by atoms with Crippen molar-refractivity contribution >= 4 is 11.8 Å². The number of nitrogens with one attached hydrogen (secondary N) is 1. The second-order valence-corrected chi connectivity index (χ2v) is 4.87. The molecule has 4 heteroatoms. The molecule has 0 saturated carbocycles. The van der Waals surface area contributed by atoms with E-state index >= 15 is 0 Å². The maximum atomic E-state index is 11.6. The predicted octanol–water partition coefficient (Wildman–Crippen LogP) is 1.81. The van der Waals surface area contributed by atoms with Crippen molar-refractivity contribution in [1.29, 1.82) is 0 Å². The second kappa shape index (κ2) is 7.56. The summed E-state index contributed by atoms with van der Waals surface area (Å²) >= 11 is 0. The summed E-state index contributed by atoms with van der Waals surface area (Å²) < 4.78 is 0. The maximum absolute atomic E-state index is 11.6. The van der Waals surface area contributed by atoms with Crippen LogP contribution in [-0.4, -0.2) is 29.8 Å². The Morgan fingerprint density at radius 3 is 2.37 bits per heavy atom. The van der Waals surface area contributed by atoms with Crippen LogP contribution >= 0.6 is 0 Å². The Bertz CT molecular complexity index is 415. The topological polar surface area (TPSA) is 49.4 Å². The highest BCUT2D eigenvalue weighted by atomic mass is 16.2. The summed E-state index contributed by atoms with van der Waals surface area (Å²) in [6.45, 7) is 6.84. The molecule has 0 aliphatic heterocycles. The average Bonchev–Trinajstić information content (AvgIpc) is 2.38. The first-order chi connectivity index (χ1) is 9.00. The Kier molecular flexibility index (Phi) is 6.06. The third kappa shape index (κ3) is 5.55. The SMILES string of the molecule is CC(=O)N(CCNC(=O)C(C)C)Cc1ccccc1. The van der Waals surface area contributed by atoms with E-state index in [-0.39, 0.29) is 17.7 Å². The molecule has 1 N–H and O–H groups in total. The Balaban J connectivity index is 2.46. The lowest BCUT2D eigenvalue weighted by Gasteiger charge is -2.21. The monoisotopic (exact) mass is 262 g/mol. The normalized spacial score (nSPS) is 10.3. The highest BCUT2D eigenvalue weighted by Gasteiger charge is 2.11. The van der Waals surface area contributed by atoms with Gasteiger partial charge in [0.25, 0.3) is 0 Å². The molecule has 0 aromatic heterocycles. The van der Waals surface area contributed by atoms with Gasteiger partial charge in [0, 0.05) is 32.5 Å². The molecule has 1 aromatic carbocycles. The van der Waals surface area contributed by atoms with Gasteiger partial charge in [0.15, 0.2) is 0 Å². The van der Waals surface area contributed by atoms with Gasteiger partial charge in [-0.3, -0.25) is 9.59 Å². The molecular formula is C15H22N2O2. The van der Waals surface area contributed by atoms with Gasteiger partial charge in [-0.1, -0.05) is 44.2 Å². The van der Waals surface area contributed by atoms with E-state index < -0.39 is 0 Å². The Labute approximate surface area is 114 Å². The van der Waals surface area contributed by atoms with Crippen molar-refractivity contribution in [1.82, 2.24) is 10.2 Å². The lowest BCUT2D eigenvalue weighted by Crippen LogP contribution is -2.38. The summed E-state index contributed by atoms with van der Waals surface area (Å²) in [5.74, 6) is 0.00534. The summed E-state index contributed by atoms with van der Waals surface area (Å²) in [7, 11) is 0. The van der Waals surface area contributed by atoms with Gasteiger partial charge in [0.2, 0.25) is 11.8 Å². The van der Waals surface area contributed by atoms with Gasteiger partial charge in [0.1, 0.15) is 0 Å². The van der Waals surface area contributed by atoms with Crippen LogP contribution in [0.2, 0.25) is 0 Å². The molecule has 1 aromatic rings. The summed E-state index contributed by atoms with van der Waals surface area (Å²) in [5.41, 5.74) is 1.09. The van der Waals surface area contributed by atoms with Gasteiger partial charge in [-0.25, -0.2) is 0 Å². The summed E-state index contributed by atoms with van der Waals surface area (Å²) in [5, 5.41) is 2.82. The highest BCUT2D eigenvalue weighted by Crippen LogP contribution is 2.04. The van der Waals surface area contributed by atoms with Crippen molar-refractivity contribution in [3.63, 3.8) is 0 Å². The first-order valence-corrected chi connectivity index (χ1v) is 6.58. The Morgan fingerprint density at radius 2 is 1.84 bits per heavy atom. The molecule has 2 amide bonds. The molecule has 0 aliphatic rings. The van der Waals surface area contributed by atoms with Crippen LogP contribution in [0, 0.1) is 5.92 Å². The first-order valence-electron chi connectivity index (χ1n) is 6.58. The Hall–Kier alpha value is -1.84. The van der Waals surface area contributed by atoms with Crippen LogP contribution in [0.1, 0.15) is 26.3 Å². The van der Waals surface area contributed by atoms with Crippen molar-refractivity contribution in [2.24, 2.45) is 5.92 Å². The average molecular weight is 262 g/mol. The van der Waals surface area contributed by atoms with E-state index in [1.807, 2.05) is 44.2 Å². The smallest absolute Gasteiger partial charge is 0.222 e. The third-order valence-electron chi connectivity index (χ3n) is 2.87. The molecule has 4 nitrogen and oxygen atoms in total. The number of amides is 2. The van der Waals surface area contributed by atoms with Crippen molar-refractivity contribution in [3.8, 4) is 0 Å². The Morgan fingerprint density at radius 1 is 1.21 bits per heavy atom. The van der Waals surface area contributed by atoms with Gasteiger partial charge in [-0.2, -0.15) is 0 Å². The fourth-order valence-electron chi connectivity index (χ4n) is 1.67. The number of carbonyl (C=O) groups excluding carboxylic acids is 2. The van der Waals surface area contributed by atoms with Gasteiger partial charge in [-0.15, -0.1) is 0 Å². The summed E-state index contributed by atoms with van der Waals surface area (Å²) in [4.78, 5) is 24.7. The molecule has 0 unspecified atom stereocenters. The van der Waals surface area contributed by atoms with Crippen LogP contribution in [0.5, 0.6) is 0 Å². The highest BCUT2D eigenvalue weighted by molar-refractivity contribution is 5.78. The molecule has 104 valence electrons. The summed E-state index contributed by atoms with van der Waals surface area (Å²) in [6, 6.07) is 9.83. The van der Waals surface area contributed by atoms with Crippen molar-refractivity contribution in [3.05, 3.63) is 35.9 Å². The fourth-order valence-corrected chi connectivity index (χ4v) is 1.67. The van der Waals surface area contributed by atoms with Crippen LogP contribution in [0.25, 0.3) is 0 Å². The van der Waals surface area contributed by atoms with Crippen LogP contribution in [0.4, 0.5) is 0 Å². The van der Waals surface area contributed by atoms with Crippen molar-refractivity contribution in [2.45, 2.75) is 27.3 Å². The number of benzene rings is 1. The van der Waals surface area contributed by atoms with Gasteiger partial charge >= 0.3 is 0 Å². The van der Waals surface area contributed by atoms with Gasteiger partial charge < -0.3 is 10.2 Å². The minimum absolute atomic E-state index is 0.0163. The number of rotatable bonds is 6. The van der Waals surface area contributed by atoms with Crippen molar-refractivity contribution in [2.75, 3.05) is 13.1 Å². The van der Waals surface area contributed by atoms with Crippen LogP contribution in [-0.2, 0) is 16.1 Å². The largest absolute Gasteiger partial charge is 0.354 e. The van der Waals surface area contributed by atoms with E-state index in [9.17, 15) is 9.59 Å². The number of carbonyl (C=O) groups is 2. The van der Waals surface area contributed by atoms with E-state index in [2.05, 4.69) is 5.32 Å². The quantitative estimate of drug-likeness (QED) is 0.850. The zero-order valence-corrected chi connectivity index (χ0v) is 11.8. The summed E-state index contributed by atoms with van der Waals surface area (Å²) in [6.07, 6.45) is 0. The van der Waals surface area contributed by atoms with E-state index in [4.69, 9.17) is 0 Å². The minimum atomic E-state index is -0.0279. The van der Waals surface area contributed by atoms with Crippen LogP contribution in [0.15, 0.2) is 30.3 Å². The second-order valence-electron chi connectivity index (χ2n) is 4.87. The molecular weight excluding hydrogens is 240 g/mol. The van der Waals surface area contributed by atoms with E-state index in [0.717, 1.165) is 5.56 Å². The molecule has 0 bridgehead atoms. The lowest BCUT2D eigenvalue weighted by atomic mass is 10.2.